The Kier molecular flexibility index (Phi) is 4.00. The van der Waals surface area contributed by atoms with E-state index < -0.39 is 0 Å². The van der Waals surface area contributed by atoms with Crippen LogP contribution in [0.3, 0.4) is 0 Å². The molecule has 4 nitrogen and oxygen atoms in total. The molecule has 1 heterocycles. The summed E-state index contributed by atoms with van der Waals surface area (Å²) >= 11 is 0. The minimum Gasteiger partial charge on any atom is -0.326 e. The fourth-order valence-electron chi connectivity index (χ4n) is 1.93. The molecule has 0 saturated carbocycles. The molecule has 1 atom stereocenters. The third kappa shape index (κ3) is 3.44. The molecule has 1 amide bonds. The van der Waals surface area contributed by atoms with Gasteiger partial charge in [-0.1, -0.05) is 6.07 Å². The number of aryl methyl sites for hydroxylation is 2. The number of carbonyl (C=O) groups is 1. The molecule has 0 aliphatic carbocycles. The zero-order valence-electron chi connectivity index (χ0n) is 11.6. The first-order valence-electron chi connectivity index (χ1n) is 6.42. The van der Waals surface area contributed by atoms with Crippen LogP contribution in [-0.4, -0.2) is 15.7 Å². The number of amides is 1. The predicted octanol–water partition coefficient (Wildman–Crippen LogP) is 3.09. The van der Waals surface area contributed by atoms with E-state index in [1.54, 1.807) is 10.9 Å². The van der Waals surface area contributed by atoms with Crippen molar-refractivity contribution in [3.05, 3.63) is 47.8 Å². The quantitative estimate of drug-likeness (QED) is 0.915. The van der Waals surface area contributed by atoms with Crippen molar-refractivity contribution in [3.63, 3.8) is 0 Å². The smallest absolute Gasteiger partial charge is 0.226 e. The van der Waals surface area contributed by atoms with Crippen LogP contribution in [0.1, 0.15) is 30.5 Å². The number of aromatic nitrogens is 2. The highest BCUT2D eigenvalue weighted by Gasteiger charge is 2.11. The summed E-state index contributed by atoms with van der Waals surface area (Å²) in [5, 5.41) is 7.06. The summed E-state index contributed by atoms with van der Waals surface area (Å²) in [5.41, 5.74) is 3.25. The van der Waals surface area contributed by atoms with Crippen LogP contribution in [0.5, 0.6) is 0 Å². The van der Waals surface area contributed by atoms with Crippen molar-refractivity contribution in [2.75, 3.05) is 5.32 Å². The van der Waals surface area contributed by atoms with Gasteiger partial charge in [0.2, 0.25) is 5.91 Å². The Labute approximate surface area is 113 Å². The van der Waals surface area contributed by atoms with Crippen molar-refractivity contribution in [1.82, 2.24) is 9.78 Å². The number of carbonyl (C=O) groups excluding carboxylic acids is 1. The van der Waals surface area contributed by atoms with E-state index in [4.69, 9.17) is 0 Å². The molecule has 0 fully saturated rings. The van der Waals surface area contributed by atoms with Crippen molar-refractivity contribution in [1.29, 1.82) is 0 Å². The Morgan fingerprint density at radius 1 is 1.37 bits per heavy atom. The zero-order valence-corrected chi connectivity index (χ0v) is 11.6. The van der Waals surface area contributed by atoms with Crippen molar-refractivity contribution in [3.8, 4) is 0 Å². The largest absolute Gasteiger partial charge is 0.326 e. The SMILES string of the molecule is Cc1ccc(NC(=O)C[C@@H](C)n2cccn2)cc1C. The van der Waals surface area contributed by atoms with Gasteiger partial charge in [0.1, 0.15) is 0 Å². The Balaban J connectivity index is 1.95. The lowest BCUT2D eigenvalue weighted by molar-refractivity contribution is -0.116. The molecular weight excluding hydrogens is 238 g/mol. The first-order valence-corrected chi connectivity index (χ1v) is 6.42. The topological polar surface area (TPSA) is 46.9 Å². The minimum atomic E-state index is 0.00579. The van der Waals surface area contributed by atoms with Crippen LogP contribution >= 0.6 is 0 Å². The van der Waals surface area contributed by atoms with Crippen LogP contribution in [0.4, 0.5) is 5.69 Å². The molecule has 1 aromatic carbocycles. The first kappa shape index (κ1) is 13.3. The van der Waals surface area contributed by atoms with Crippen LogP contribution in [0, 0.1) is 13.8 Å². The van der Waals surface area contributed by atoms with Gasteiger partial charge in [-0.2, -0.15) is 5.10 Å². The first-order chi connectivity index (χ1) is 9.06. The highest BCUT2D eigenvalue weighted by atomic mass is 16.1. The Hall–Kier alpha value is -2.10. The number of nitrogens with one attached hydrogen (secondary N) is 1. The van der Waals surface area contributed by atoms with Crippen molar-refractivity contribution in [2.45, 2.75) is 33.2 Å². The van der Waals surface area contributed by atoms with Crippen LogP contribution in [0.2, 0.25) is 0 Å². The fraction of sp³-hybridized carbons (Fsp3) is 0.333. The fourth-order valence-corrected chi connectivity index (χ4v) is 1.93. The molecule has 2 rings (SSSR count). The monoisotopic (exact) mass is 257 g/mol. The van der Waals surface area contributed by atoms with Gasteiger partial charge in [-0.25, -0.2) is 0 Å². The zero-order chi connectivity index (χ0) is 13.8. The summed E-state index contributed by atoms with van der Waals surface area (Å²) in [6.07, 6.45) is 4.00. The number of rotatable bonds is 4. The standard InChI is InChI=1S/C15H19N3O/c1-11-5-6-14(9-12(11)2)17-15(19)10-13(3)18-8-4-7-16-18/h4-9,13H,10H2,1-3H3,(H,17,19)/t13-/m1/s1. The van der Waals surface area contributed by atoms with E-state index in [-0.39, 0.29) is 11.9 Å². The van der Waals surface area contributed by atoms with Crippen molar-refractivity contribution < 1.29 is 4.79 Å². The van der Waals surface area contributed by atoms with Crippen LogP contribution in [0.15, 0.2) is 36.7 Å². The molecule has 0 aliphatic heterocycles. The second-order valence-electron chi connectivity index (χ2n) is 4.89. The molecule has 0 bridgehead atoms. The average molecular weight is 257 g/mol. The highest BCUT2D eigenvalue weighted by molar-refractivity contribution is 5.91. The molecule has 0 spiro atoms. The minimum absolute atomic E-state index is 0.00579. The molecule has 4 heteroatoms. The third-order valence-electron chi connectivity index (χ3n) is 3.25. The summed E-state index contributed by atoms with van der Waals surface area (Å²) in [6.45, 7) is 6.07. The number of benzene rings is 1. The van der Waals surface area contributed by atoms with Gasteiger partial charge in [-0.15, -0.1) is 0 Å². The predicted molar refractivity (Wildman–Crippen MR) is 76.1 cm³/mol. The van der Waals surface area contributed by atoms with E-state index >= 15 is 0 Å². The van der Waals surface area contributed by atoms with Crippen molar-refractivity contribution in [2.24, 2.45) is 0 Å². The number of hydrogen-bond acceptors (Lipinski definition) is 2. The van der Waals surface area contributed by atoms with Crippen LogP contribution in [-0.2, 0) is 4.79 Å². The molecule has 2 aromatic rings. The van der Waals surface area contributed by atoms with E-state index in [2.05, 4.69) is 17.3 Å². The van der Waals surface area contributed by atoms with E-state index in [0.29, 0.717) is 6.42 Å². The molecule has 0 unspecified atom stereocenters. The van der Waals surface area contributed by atoms with E-state index in [0.717, 1.165) is 5.69 Å². The molecule has 19 heavy (non-hydrogen) atoms. The molecule has 0 aliphatic rings. The highest BCUT2D eigenvalue weighted by Crippen LogP contribution is 2.16. The van der Waals surface area contributed by atoms with Crippen molar-refractivity contribution >= 4 is 11.6 Å². The lowest BCUT2D eigenvalue weighted by atomic mass is 10.1. The summed E-state index contributed by atoms with van der Waals surface area (Å²) < 4.78 is 1.79. The average Bonchev–Trinajstić information content (AvgIpc) is 2.87. The Morgan fingerprint density at radius 3 is 2.79 bits per heavy atom. The second-order valence-corrected chi connectivity index (χ2v) is 4.89. The maximum atomic E-state index is 12.0. The van der Waals surface area contributed by atoms with E-state index in [1.165, 1.54) is 11.1 Å². The summed E-state index contributed by atoms with van der Waals surface area (Å²) in [5.74, 6) is 0.00579. The maximum Gasteiger partial charge on any atom is 0.226 e. The maximum absolute atomic E-state index is 12.0. The lowest BCUT2D eigenvalue weighted by Gasteiger charge is -2.12. The normalized spacial score (nSPS) is 12.2. The van der Waals surface area contributed by atoms with Gasteiger partial charge in [0, 0.05) is 24.5 Å². The van der Waals surface area contributed by atoms with E-state index in [9.17, 15) is 4.79 Å². The lowest BCUT2D eigenvalue weighted by Crippen LogP contribution is -2.17. The molecule has 100 valence electrons. The van der Waals surface area contributed by atoms with E-state index in [1.807, 2.05) is 44.3 Å². The van der Waals surface area contributed by atoms with Gasteiger partial charge >= 0.3 is 0 Å². The van der Waals surface area contributed by atoms with Gasteiger partial charge in [-0.3, -0.25) is 9.48 Å². The Bertz CT molecular complexity index is 561. The summed E-state index contributed by atoms with van der Waals surface area (Å²) in [6, 6.07) is 7.85. The second kappa shape index (κ2) is 5.69. The number of nitrogens with zero attached hydrogens (tertiary/aromatic N) is 2. The van der Waals surface area contributed by atoms with Gasteiger partial charge in [0.25, 0.3) is 0 Å². The van der Waals surface area contributed by atoms with Gasteiger partial charge in [0.15, 0.2) is 0 Å². The van der Waals surface area contributed by atoms with Gasteiger partial charge < -0.3 is 5.32 Å². The van der Waals surface area contributed by atoms with Crippen LogP contribution in [0.25, 0.3) is 0 Å². The molecule has 1 N–H and O–H groups in total. The van der Waals surface area contributed by atoms with Gasteiger partial charge in [-0.05, 0) is 50.1 Å². The third-order valence-corrected chi connectivity index (χ3v) is 3.25. The molecule has 0 radical (unpaired) electrons. The number of hydrogen-bond donors (Lipinski definition) is 1. The summed E-state index contributed by atoms with van der Waals surface area (Å²) in [4.78, 5) is 12.0. The molecule has 0 saturated heterocycles. The number of anilines is 1. The molecular formula is C15H19N3O. The Morgan fingerprint density at radius 2 is 2.16 bits per heavy atom. The van der Waals surface area contributed by atoms with Crippen LogP contribution < -0.4 is 5.32 Å². The summed E-state index contributed by atoms with van der Waals surface area (Å²) in [7, 11) is 0. The van der Waals surface area contributed by atoms with Gasteiger partial charge in [0.05, 0.1) is 6.04 Å². The molecule has 1 aromatic heterocycles.